The molecule has 3 nitrogen and oxygen atoms in total. The number of fused-ring (bicyclic) bond motifs is 1. The summed E-state index contributed by atoms with van der Waals surface area (Å²) >= 11 is 0. The lowest BCUT2D eigenvalue weighted by atomic mass is 9.78. The Morgan fingerprint density at radius 1 is 1.16 bits per heavy atom. The molecule has 110 valence electrons. The summed E-state index contributed by atoms with van der Waals surface area (Å²) in [6.45, 7) is 9.27. The van der Waals surface area contributed by atoms with Crippen LogP contribution < -0.4 is 5.32 Å². The number of hydrogen-bond acceptors (Lipinski definition) is 3. The number of nitrogens with one attached hydrogen (secondary N) is 1. The minimum Gasteiger partial charge on any atom is -0.374 e. The summed E-state index contributed by atoms with van der Waals surface area (Å²) in [5, 5.41) is 3.80. The molecule has 0 bridgehead atoms. The summed E-state index contributed by atoms with van der Waals surface area (Å²) in [7, 11) is 0. The molecule has 3 aliphatic rings. The molecule has 0 aromatic carbocycles. The van der Waals surface area contributed by atoms with E-state index in [2.05, 4.69) is 24.1 Å². The second kappa shape index (κ2) is 6.11. The number of morpholine rings is 1. The number of ether oxygens (including phenoxy) is 1. The van der Waals surface area contributed by atoms with Gasteiger partial charge >= 0.3 is 0 Å². The lowest BCUT2D eigenvalue weighted by Gasteiger charge is -2.38. The standard InChI is InChI=1S/C16H30N2O/c1-12-5-3-7-16(13(12)2)17-9-15-10-18-8-4-6-14(18)11-19-15/h12-17H,3-11H2,1-2H3. The fourth-order valence-electron chi connectivity index (χ4n) is 4.16. The lowest BCUT2D eigenvalue weighted by Crippen LogP contribution is -2.52. The van der Waals surface area contributed by atoms with Crippen LogP contribution in [0.2, 0.25) is 0 Å². The monoisotopic (exact) mass is 266 g/mol. The zero-order valence-electron chi connectivity index (χ0n) is 12.6. The molecule has 5 unspecified atom stereocenters. The Labute approximate surface area is 118 Å². The van der Waals surface area contributed by atoms with Crippen molar-refractivity contribution in [1.29, 1.82) is 0 Å². The van der Waals surface area contributed by atoms with E-state index < -0.39 is 0 Å². The molecular formula is C16H30N2O. The smallest absolute Gasteiger partial charge is 0.0827 e. The van der Waals surface area contributed by atoms with Crippen molar-refractivity contribution >= 4 is 0 Å². The minimum atomic E-state index is 0.416. The van der Waals surface area contributed by atoms with E-state index in [1.165, 1.54) is 38.6 Å². The van der Waals surface area contributed by atoms with Gasteiger partial charge in [-0.15, -0.1) is 0 Å². The van der Waals surface area contributed by atoms with Gasteiger partial charge in [-0.3, -0.25) is 4.90 Å². The van der Waals surface area contributed by atoms with Gasteiger partial charge in [0.2, 0.25) is 0 Å². The topological polar surface area (TPSA) is 24.5 Å². The summed E-state index contributed by atoms with van der Waals surface area (Å²) in [5.41, 5.74) is 0. The van der Waals surface area contributed by atoms with Crippen molar-refractivity contribution in [3.8, 4) is 0 Å². The Kier molecular flexibility index (Phi) is 4.45. The van der Waals surface area contributed by atoms with Crippen molar-refractivity contribution in [3.05, 3.63) is 0 Å². The van der Waals surface area contributed by atoms with Crippen LogP contribution in [0.3, 0.4) is 0 Å². The van der Waals surface area contributed by atoms with Crippen molar-refractivity contribution < 1.29 is 4.74 Å². The van der Waals surface area contributed by atoms with Crippen LogP contribution in [0.15, 0.2) is 0 Å². The van der Waals surface area contributed by atoms with Gasteiger partial charge in [0, 0.05) is 25.2 Å². The van der Waals surface area contributed by atoms with E-state index in [-0.39, 0.29) is 0 Å². The fraction of sp³-hybridized carbons (Fsp3) is 1.00. The van der Waals surface area contributed by atoms with Gasteiger partial charge in [0.25, 0.3) is 0 Å². The first kappa shape index (κ1) is 13.8. The minimum absolute atomic E-state index is 0.416. The Bertz CT molecular complexity index is 296. The average Bonchev–Trinajstić information content (AvgIpc) is 2.88. The third kappa shape index (κ3) is 3.14. The highest BCUT2D eigenvalue weighted by Gasteiger charge is 2.33. The molecule has 0 aromatic rings. The van der Waals surface area contributed by atoms with Crippen molar-refractivity contribution in [2.24, 2.45) is 11.8 Å². The summed E-state index contributed by atoms with van der Waals surface area (Å²) in [5.74, 6) is 1.69. The predicted molar refractivity (Wildman–Crippen MR) is 78.3 cm³/mol. The van der Waals surface area contributed by atoms with Crippen molar-refractivity contribution in [2.45, 2.75) is 64.1 Å². The van der Waals surface area contributed by atoms with E-state index in [1.807, 2.05) is 0 Å². The van der Waals surface area contributed by atoms with Gasteiger partial charge in [-0.05, 0) is 37.6 Å². The summed E-state index contributed by atoms with van der Waals surface area (Å²) in [4.78, 5) is 2.64. The third-order valence-corrected chi connectivity index (χ3v) is 5.78. The summed E-state index contributed by atoms with van der Waals surface area (Å²) in [6, 6.07) is 1.44. The van der Waals surface area contributed by atoms with Crippen molar-refractivity contribution in [2.75, 3.05) is 26.2 Å². The molecule has 1 aliphatic carbocycles. The van der Waals surface area contributed by atoms with Gasteiger partial charge in [-0.25, -0.2) is 0 Å². The molecule has 2 aliphatic heterocycles. The fourth-order valence-corrected chi connectivity index (χ4v) is 4.16. The van der Waals surface area contributed by atoms with Gasteiger partial charge < -0.3 is 10.1 Å². The van der Waals surface area contributed by atoms with E-state index in [4.69, 9.17) is 4.74 Å². The lowest BCUT2D eigenvalue weighted by molar-refractivity contribution is -0.0491. The summed E-state index contributed by atoms with van der Waals surface area (Å²) < 4.78 is 6.04. The van der Waals surface area contributed by atoms with Crippen molar-refractivity contribution in [3.63, 3.8) is 0 Å². The molecular weight excluding hydrogens is 236 g/mol. The maximum atomic E-state index is 6.04. The van der Waals surface area contributed by atoms with Crippen LogP contribution in [0.5, 0.6) is 0 Å². The van der Waals surface area contributed by atoms with Crippen LogP contribution in [0, 0.1) is 11.8 Å². The second-order valence-corrected chi connectivity index (χ2v) is 7.03. The third-order valence-electron chi connectivity index (χ3n) is 5.78. The molecule has 0 aromatic heterocycles. The maximum absolute atomic E-state index is 6.04. The van der Waals surface area contributed by atoms with Crippen molar-refractivity contribution in [1.82, 2.24) is 10.2 Å². The van der Waals surface area contributed by atoms with Gasteiger partial charge in [-0.1, -0.05) is 26.7 Å². The Hall–Kier alpha value is -0.120. The van der Waals surface area contributed by atoms with Crippen LogP contribution in [-0.4, -0.2) is 49.3 Å². The highest BCUT2D eigenvalue weighted by atomic mass is 16.5. The van der Waals surface area contributed by atoms with E-state index >= 15 is 0 Å². The molecule has 3 rings (SSSR count). The molecule has 3 fully saturated rings. The van der Waals surface area contributed by atoms with Crippen LogP contribution >= 0.6 is 0 Å². The summed E-state index contributed by atoms with van der Waals surface area (Å²) in [6.07, 6.45) is 7.28. The largest absolute Gasteiger partial charge is 0.374 e. The molecule has 0 radical (unpaired) electrons. The first-order chi connectivity index (χ1) is 9.24. The first-order valence-corrected chi connectivity index (χ1v) is 8.33. The molecule has 1 N–H and O–H groups in total. The van der Waals surface area contributed by atoms with E-state index in [9.17, 15) is 0 Å². The van der Waals surface area contributed by atoms with Gasteiger partial charge in [0.05, 0.1) is 12.7 Å². The molecule has 19 heavy (non-hydrogen) atoms. The Balaban J connectivity index is 1.44. The van der Waals surface area contributed by atoms with E-state index in [0.717, 1.165) is 37.6 Å². The number of nitrogens with zero attached hydrogens (tertiary/aromatic N) is 1. The predicted octanol–water partition coefficient (Wildman–Crippen LogP) is 2.26. The SMILES string of the molecule is CC1CCCC(NCC2CN3CCCC3CO2)C1C. The zero-order valence-corrected chi connectivity index (χ0v) is 12.6. The number of hydrogen-bond donors (Lipinski definition) is 1. The van der Waals surface area contributed by atoms with Crippen LogP contribution in [0.1, 0.15) is 46.0 Å². The first-order valence-electron chi connectivity index (χ1n) is 8.33. The maximum Gasteiger partial charge on any atom is 0.0827 e. The molecule has 0 spiro atoms. The number of rotatable bonds is 3. The molecule has 3 heteroatoms. The van der Waals surface area contributed by atoms with Gasteiger partial charge in [-0.2, -0.15) is 0 Å². The van der Waals surface area contributed by atoms with Gasteiger partial charge in [0.1, 0.15) is 0 Å². The normalized spacial score (nSPS) is 44.2. The van der Waals surface area contributed by atoms with Gasteiger partial charge in [0.15, 0.2) is 0 Å². The van der Waals surface area contributed by atoms with Crippen LogP contribution in [0.25, 0.3) is 0 Å². The van der Waals surface area contributed by atoms with E-state index in [1.54, 1.807) is 0 Å². The van der Waals surface area contributed by atoms with Crippen LogP contribution in [0.4, 0.5) is 0 Å². The average molecular weight is 266 g/mol. The molecule has 2 saturated heterocycles. The quantitative estimate of drug-likeness (QED) is 0.848. The molecule has 2 heterocycles. The zero-order chi connectivity index (χ0) is 13.2. The second-order valence-electron chi connectivity index (χ2n) is 7.03. The van der Waals surface area contributed by atoms with Crippen LogP contribution in [-0.2, 0) is 4.74 Å². The highest BCUT2D eigenvalue weighted by molar-refractivity contribution is 4.88. The molecule has 1 saturated carbocycles. The Morgan fingerprint density at radius 3 is 2.95 bits per heavy atom. The molecule has 0 amide bonds. The molecule has 5 atom stereocenters. The highest BCUT2D eigenvalue weighted by Crippen LogP contribution is 2.29. The Morgan fingerprint density at radius 2 is 2.05 bits per heavy atom. The van der Waals surface area contributed by atoms with E-state index in [0.29, 0.717) is 12.1 Å².